The number of aryl methyl sites for hydroxylation is 1. The summed E-state index contributed by atoms with van der Waals surface area (Å²) in [7, 11) is 1.53. The minimum atomic E-state index is -1.00. The molecule has 0 fully saturated rings. The first-order valence-corrected chi connectivity index (χ1v) is 7.57. The summed E-state index contributed by atoms with van der Waals surface area (Å²) >= 11 is 0. The highest BCUT2D eigenvalue weighted by molar-refractivity contribution is 5.97. The van der Waals surface area contributed by atoms with Crippen LogP contribution in [0, 0.1) is 18.6 Å². The third kappa shape index (κ3) is 4.53. The second kappa shape index (κ2) is 7.74. The molecule has 0 saturated carbocycles. The molecule has 2 N–H and O–H groups in total. The molecule has 1 unspecified atom stereocenters. The molecule has 25 heavy (non-hydrogen) atoms. The number of hydrogen-bond acceptors (Lipinski definition) is 3. The second-order valence-corrected chi connectivity index (χ2v) is 5.43. The topological polar surface area (TPSA) is 67.4 Å². The highest BCUT2D eigenvalue weighted by Crippen LogP contribution is 2.21. The van der Waals surface area contributed by atoms with Crippen LogP contribution in [0.15, 0.2) is 36.4 Å². The van der Waals surface area contributed by atoms with Crippen LogP contribution in [-0.2, 0) is 4.79 Å². The minimum absolute atomic E-state index is 0.212. The van der Waals surface area contributed by atoms with E-state index in [1.165, 1.54) is 14.0 Å². The largest absolute Gasteiger partial charge is 0.478 e. The lowest BCUT2D eigenvalue weighted by Crippen LogP contribution is -2.30. The minimum Gasteiger partial charge on any atom is -0.478 e. The van der Waals surface area contributed by atoms with E-state index >= 15 is 0 Å². The molecular formula is C18H18F2N2O3. The number of ether oxygens (including phenoxy) is 1. The summed E-state index contributed by atoms with van der Waals surface area (Å²) in [5.74, 6) is -2.56. The van der Waals surface area contributed by atoms with Crippen molar-refractivity contribution in [2.75, 3.05) is 12.4 Å². The molecule has 0 spiro atoms. The molecule has 5 nitrogen and oxygen atoms in total. The summed E-state index contributed by atoms with van der Waals surface area (Å²) in [6.07, 6.45) is -1.00. The molecule has 0 radical (unpaired) electrons. The first-order chi connectivity index (χ1) is 11.8. The molecule has 0 aliphatic carbocycles. The fraction of sp³-hybridized carbons (Fsp3) is 0.222. The van der Waals surface area contributed by atoms with E-state index in [-0.39, 0.29) is 11.7 Å². The van der Waals surface area contributed by atoms with Gasteiger partial charge in [-0.05, 0) is 49.7 Å². The Morgan fingerprint density at radius 1 is 1.12 bits per heavy atom. The number of halogens is 2. The average molecular weight is 348 g/mol. The standard InChI is InChI=1S/C18H18F2N2O3/c1-10-8-12(18(24)21-3)4-6-15(10)22-17(23)11(2)25-16-7-5-13(19)9-14(16)20/h4-9,11H,1-3H3,(H,21,24)(H,22,23). The van der Waals surface area contributed by atoms with Crippen LogP contribution >= 0.6 is 0 Å². The van der Waals surface area contributed by atoms with Crippen LogP contribution in [-0.4, -0.2) is 25.0 Å². The zero-order chi connectivity index (χ0) is 18.6. The molecule has 0 aromatic heterocycles. The van der Waals surface area contributed by atoms with Crippen molar-refractivity contribution in [3.63, 3.8) is 0 Å². The predicted octanol–water partition coefficient (Wildman–Crippen LogP) is 3.04. The third-order valence-electron chi connectivity index (χ3n) is 3.54. The molecule has 0 saturated heterocycles. The van der Waals surface area contributed by atoms with Crippen LogP contribution in [0.2, 0.25) is 0 Å². The summed E-state index contributed by atoms with van der Waals surface area (Å²) in [5.41, 5.74) is 1.66. The van der Waals surface area contributed by atoms with Gasteiger partial charge in [0, 0.05) is 24.4 Å². The highest BCUT2D eigenvalue weighted by Gasteiger charge is 2.18. The normalized spacial score (nSPS) is 11.6. The number of rotatable bonds is 5. The smallest absolute Gasteiger partial charge is 0.265 e. The van der Waals surface area contributed by atoms with Crippen molar-refractivity contribution in [3.8, 4) is 5.75 Å². The molecule has 0 aliphatic rings. The van der Waals surface area contributed by atoms with Crippen molar-refractivity contribution >= 4 is 17.5 Å². The Hall–Kier alpha value is -2.96. The quantitative estimate of drug-likeness (QED) is 0.873. The molecule has 2 aromatic rings. The van der Waals surface area contributed by atoms with E-state index in [9.17, 15) is 18.4 Å². The Bertz CT molecular complexity index is 809. The predicted molar refractivity (Wildman–Crippen MR) is 89.6 cm³/mol. The van der Waals surface area contributed by atoms with Gasteiger partial charge in [0.25, 0.3) is 11.8 Å². The lowest BCUT2D eigenvalue weighted by Gasteiger charge is -2.16. The van der Waals surface area contributed by atoms with Crippen molar-refractivity contribution in [1.82, 2.24) is 5.32 Å². The molecule has 2 aromatic carbocycles. The monoisotopic (exact) mass is 348 g/mol. The van der Waals surface area contributed by atoms with Gasteiger partial charge in [-0.25, -0.2) is 8.78 Å². The molecule has 132 valence electrons. The van der Waals surface area contributed by atoms with Crippen molar-refractivity contribution in [2.45, 2.75) is 20.0 Å². The lowest BCUT2D eigenvalue weighted by molar-refractivity contribution is -0.122. The zero-order valence-electron chi connectivity index (χ0n) is 14.0. The average Bonchev–Trinajstić information content (AvgIpc) is 2.58. The maximum Gasteiger partial charge on any atom is 0.265 e. The number of anilines is 1. The molecule has 7 heteroatoms. The zero-order valence-corrected chi connectivity index (χ0v) is 14.0. The van der Waals surface area contributed by atoms with Gasteiger partial charge in [0.15, 0.2) is 17.7 Å². The van der Waals surface area contributed by atoms with Crippen LogP contribution in [0.1, 0.15) is 22.8 Å². The number of nitrogens with one attached hydrogen (secondary N) is 2. The lowest BCUT2D eigenvalue weighted by atomic mass is 10.1. The Balaban J connectivity index is 2.07. The van der Waals surface area contributed by atoms with Crippen LogP contribution < -0.4 is 15.4 Å². The number of carbonyl (C=O) groups is 2. The Morgan fingerprint density at radius 2 is 1.84 bits per heavy atom. The molecule has 0 bridgehead atoms. The number of benzene rings is 2. The maximum absolute atomic E-state index is 13.6. The van der Waals surface area contributed by atoms with Crippen molar-refractivity contribution in [2.24, 2.45) is 0 Å². The summed E-state index contributed by atoms with van der Waals surface area (Å²) in [5, 5.41) is 5.17. The summed E-state index contributed by atoms with van der Waals surface area (Å²) in [6.45, 7) is 3.19. The van der Waals surface area contributed by atoms with Gasteiger partial charge in [-0.1, -0.05) is 0 Å². The Kier molecular flexibility index (Phi) is 5.69. The van der Waals surface area contributed by atoms with E-state index in [2.05, 4.69) is 10.6 Å². The van der Waals surface area contributed by atoms with Crippen molar-refractivity contribution < 1.29 is 23.1 Å². The van der Waals surface area contributed by atoms with Crippen molar-refractivity contribution in [3.05, 3.63) is 59.2 Å². The van der Waals surface area contributed by atoms with E-state index < -0.39 is 23.6 Å². The second-order valence-electron chi connectivity index (χ2n) is 5.43. The van der Waals surface area contributed by atoms with Gasteiger partial charge in [0.1, 0.15) is 5.82 Å². The third-order valence-corrected chi connectivity index (χ3v) is 3.54. The SMILES string of the molecule is CNC(=O)c1ccc(NC(=O)C(C)Oc2ccc(F)cc2F)c(C)c1. The van der Waals surface area contributed by atoms with Gasteiger partial charge in [0.05, 0.1) is 0 Å². The Morgan fingerprint density at radius 3 is 2.44 bits per heavy atom. The van der Waals surface area contributed by atoms with Gasteiger partial charge in [0.2, 0.25) is 0 Å². The Labute approximate surface area is 144 Å². The summed E-state index contributed by atoms with van der Waals surface area (Å²) in [6, 6.07) is 7.67. The molecule has 2 amide bonds. The number of carbonyl (C=O) groups excluding carboxylic acids is 2. The van der Waals surface area contributed by atoms with Gasteiger partial charge < -0.3 is 15.4 Å². The van der Waals surface area contributed by atoms with Gasteiger partial charge in [-0.2, -0.15) is 0 Å². The van der Waals surface area contributed by atoms with Crippen LogP contribution in [0.3, 0.4) is 0 Å². The summed E-state index contributed by atoms with van der Waals surface area (Å²) < 4.78 is 31.7. The first-order valence-electron chi connectivity index (χ1n) is 7.57. The van der Waals surface area contributed by atoms with E-state index in [0.29, 0.717) is 22.9 Å². The molecule has 0 heterocycles. The van der Waals surface area contributed by atoms with Gasteiger partial charge in [-0.3, -0.25) is 9.59 Å². The molecule has 0 aliphatic heterocycles. The van der Waals surface area contributed by atoms with E-state index in [4.69, 9.17) is 4.74 Å². The van der Waals surface area contributed by atoms with Crippen LogP contribution in [0.5, 0.6) is 5.75 Å². The summed E-state index contributed by atoms with van der Waals surface area (Å²) in [4.78, 5) is 23.8. The van der Waals surface area contributed by atoms with E-state index in [1.807, 2.05) is 0 Å². The van der Waals surface area contributed by atoms with E-state index in [1.54, 1.807) is 25.1 Å². The fourth-order valence-corrected chi connectivity index (χ4v) is 2.14. The van der Waals surface area contributed by atoms with E-state index in [0.717, 1.165) is 12.1 Å². The van der Waals surface area contributed by atoms with Gasteiger partial charge in [-0.15, -0.1) is 0 Å². The highest BCUT2D eigenvalue weighted by atomic mass is 19.1. The number of amides is 2. The molecule has 2 rings (SSSR count). The molecule has 1 atom stereocenters. The van der Waals surface area contributed by atoms with Gasteiger partial charge >= 0.3 is 0 Å². The maximum atomic E-state index is 13.6. The fourth-order valence-electron chi connectivity index (χ4n) is 2.14. The van der Waals surface area contributed by atoms with Crippen LogP contribution in [0.4, 0.5) is 14.5 Å². The van der Waals surface area contributed by atoms with Crippen LogP contribution in [0.25, 0.3) is 0 Å². The first kappa shape index (κ1) is 18.4. The number of hydrogen-bond donors (Lipinski definition) is 2. The molecular weight excluding hydrogens is 330 g/mol. The van der Waals surface area contributed by atoms with Crippen molar-refractivity contribution in [1.29, 1.82) is 0 Å².